The first-order chi connectivity index (χ1) is 8.38. The molecule has 1 nitrogen and oxygen atoms in total. The summed E-state index contributed by atoms with van der Waals surface area (Å²) < 4.78 is 0. The van der Waals surface area contributed by atoms with E-state index >= 15 is 0 Å². The van der Waals surface area contributed by atoms with E-state index in [1.54, 1.807) is 0 Å². The molecule has 0 radical (unpaired) electrons. The molecule has 0 atom stereocenters. The van der Waals surface area contributed by atoms with Crippen LogP contribution < -0.4 is 5.32 Å². The van der Waals surface area contributed by atoms with Crippen LogP contribution in [0.3, 0.4) is 0 Å². The van der Waals surface area contributed by atoms with E-state index < -0.39 is 0 Å². The Morgan fingerprint density at radius 3 is 2.47 bits per heavy atom. The van der Waals surface area contributed by atoms with Crippen molar-refractivity contribution in [2.75, 3.05) is 5.32 Å². The van der Waals surface area contributed by atoms with Crippen molar-refractivity contribution >= 4 is 5.69 Å². The molecule has 90 valence electrons. The Labute approximate surface area is 105 Å². The van der Waals surface area contributed by atoms with Crippen LogP contribution in [-0.4, -0.2) is 6.04 Å². The van der Waals surface area contributed by atoms with Crippen molar-refractivity contribution in [1.82, 2.24) is 0 Å². The Kier molecular flexibility index (Phi) is 4.50. The number of hydrogen-bond acceptors (Lipinski definition) is 1. The van der Waals surface area contributed by atoms with Crippen molar-refractivity contribution in [2.45, 2.75) is 51.0 Å². The second-order valence-corrected chi connectivity index (χ2v) is 4.91. The van der Waals surface area contributed by atoms with Crippen LogP contribution in [0.1, 0.15) is 50.5 Å². The third-order valence-corrected chi connectivity index (χ3v) is 3.51. The molecule has 0 aromatic heterocycles. The molecule has 0 aliphatic heterocycles. The molecule has 0 heterocycles. The van der Waals surface area contributed by atoms with Gasteiger partial charge in [0.1, 0.15) is 0 Å². The average Bonchev–Trinajstić information content (AvgIpc) is 2.33. The minimum absolute atomic E-state index is 0.628. The minimum Gasteiger partial charge on any atom is -0.382 e. The van der Waals surface area contributed by atoms with Gasteiger partial charge in [-0.15, -0.1) is 6.42 Å². The van der Waals surface area contributed by atoms with Crippen LogP contribution in [0.4, 0.5) is 5.69 Å². The van der Waals surface area contributed by atoms with Crippen LogP contribution >= 0.6 is 0 Å². The van der Waals surface area contributed by atoms with Gasteiger partial charge in [0.05, 0.1) is 0 Å². The maximum Gasteiger partial charge on any atom is 0.0354 e. The van der Waals surface area contributed by atoms with E-state index in [1.165, 1.54) is 50.6 Å². The molecule has 1 heteroatoms. The molecule has 0 spiro atoms. The van der Waals surface area contributed by atoms with Gasteiger partial charge in [-0.25, -0.2) is 0 Å². The highest BCUT2D eigenvalue weighted by atomic mass is 14.9. The third-order valence-electron chi connectivity index (χ3n) is 3.51. The number of terminal acetylenes is 1. The molecule has 0 amide bonds. The smallest absolute Gasteiger partial charge is 0.0354 e. The summed E-state index contributed by atoms with van der Waals surface area (Å²) in [7, 11) is 0. The molecule has 1 aromatic carbocycles. The van der Waals surface area contributed by atoms with Crippen molar-refractivity contribution in [3.05, 3.63) is 29.8 Å². The summed E-state index contributed by atoms with van der Waals surface area (Å²) in [5.74, 6) is 2.69. The van der Waals surface area contributed by atoms with Gasteiger partial charge in [-0.2, -0.15) is 0 Å². The fourth-order valence-electron chi connectivity index (χ4n) is 2.53. The van der Waals surface area contributed by atoms with Gasteiger partial charge in [-0.1, -0.05) is 44.1 Å². The van der Waals surface area contributed by atoms with Gasteiger partial charge < -0.3 is 5.32 Å². The first-order valence-electron chi connectivity index (χ1n) is 6.72. The zero-order chi connectivity index (χ0) is 11.9. The lowest BCUT2D eigenvalue weighted by molar-refractivity contribution is 0.471. The summed E-state index contributed by atoms with van der Waals surface area (Å²) in [6, 6.07) is 8.81. The molecular formula is C16H21N. The molecule has 1 aromatic rings. The molecule has 1 aliphatic rings. The maximum atomic E-state index is 5.42. The SMILES string of the molecule is C#Cc1cccc(NC2CCCCCCC2)c1. The summed E-state index contributed by atoms with van der Waals surface area (Å²) in [6.07, 6.45) is 14.9. The van der Waals surface area contributed by atoms with Crippen molar-refractivity contribution in [3.8, 4) is 12.3 Å². The second kappa shape index (κ2) is 6.35. The minimum atomic E-state index is 0.628. The van der Waals surface area contributed by atoms with E-state index in [9.17, 15) is 0 Å². The van der Waals surface area contributed by atoms with Crippen LogP contribution in [0.15, 0.2) is 24.3 Å². The van der Waals surface area contributed by atoms with E-state index in [-0.39, 0.29) is 0 Å². The third kappa shape index (κ3) is 3.82. The van der Waals surface area contributed by atoms with Gasteiger partial charge in [-0.05, 0) is 31.0 Å². The topological polar surface area (TPSA) is 12.0 Å². The van der Waals surface area contributed by atoms with Gasteiger partial charge in [0, 0.05) is 17.3 Å². The first kappa shape index (κ1) is 12.0. The molecular weight excluding hydrogens is 206 g/mol. The van der Waals surface area contributed by atoms with E-state index in [0.29, 0.717) is 6.04 Å². The summed E-state index contributed by atoms with van der Waals surface area (Å²) >= 11 is 0. The van der Waals surface area contributed by atoms with Gasteiger partial charge in [0.25, 0.3) is 0 Å². The first-order valence-corrected chi connectivity index (χ1v) is 6.72. The Bertz CT molecular complexity index is 381. The predicted molar refractivity (Wildman–Crippen MR) is 74.1 cm³/mol. The van der Waals surface area contributed by atoms with Crippen LogP contribution in [0.2, 0.25) is 0 Å². The predicted octanol–water partition coefficient (Wildman–Crippen LogP) is 4.19. The van der Waals surface area contributed by atoms with E-state index in [0.717, 1.165) is 5.56 Å². The fraction of sp³-hybridized carbons (Fsp3) is 0.500. The summed E-state index contributed by atoms with van der Waals surface area (Å²) in [5.41, 5.74) is 2.13. The van der Waals surface area contributed by atoms with Gasteiger partial charge in [-0.3, -0.25) is 0 Å². The lowest BCUT2D eigenvalue weighted by Crippen LogP contribution is -2.20. The maximum absolute atomic E-state index is 5.42. The lowest BCUT2D eigenvalue weighted by Gasteiger charge is -2.22. The molecule has 0 saturated heterocycles. The standard InChI is InChI=1S/C16H21N/c1-2-14-9-8-12-16(13-14)17-15-10-6-4-3-5-7-11-15/h1,8-9,12-13,15,17H,3-7,10-11H2. The van der Waals surface area contributed by atoms with E-state index in [1.807, 2.05) is 12.1 Å². The molecule has 2 rings (SSSR count). The van der Waals surface area contributed by atoms with Crippen molar-refractivity contribution in [3.63, 3.8) is 0 Å². The number of rotatable bonds is 2. The quantitative estimate of drug-likeness (QED) is 0.747. The zero-order valence-corrected chi connectivity index (χ0v) is 10.4. The molecule has 17 heavy (non-hydrogen) atoms. The molecule has 1 N–H and O–H groups in total. The highest BCUT2D eigenvalue weighted by Crippen LogP contribution is 2.21. The number of nitrogens with one attached hydrogen (secondary N) is 1. The molecule has 1 saturated carbocycles. The number of anilines is 1. The Hall–Kier alpha value is -1.42. The largest absolute Gasteiger partial charge is 0.382 e. The summed E-state index contributed by atoms with van der Waals surface area (Å²) in [6.45, 7) is 0. The molecule has 0 unspecified atom stereocenters. The Morgan fingerprint density at radius 1 is 1.06 bits per heavy atom. The van der Waals surface area contributed by atoms with Crippen LogP contribution in [0.5, 0.6) is 0 Å². The zero-order valence-electron chi connectivity index (χ0n) is 10.4. The second-order valence-electron chi connectivity index (χ2n) is 4.91. The summed E-state index contributed by atoms with van der Waals surface area (Å²) in [4.78, 5) is 0. The van der Waals surface area contributed by atoms with Crippen LogP contribution in [0, 0.1) is 12.3 Å². The van der Waals surface area contributed by atoms with Crippen molar-refractivity contribution in [2.24, 2.45) is 0 Å². The highest BCUT2D eigenvalue weighted by molar-refractivity contribution is 5.50. The van der Waals surface area contributed by atoms with Crippen LogP contribution in [-0.2, 0) is 0 Å². The fourth-order valence-corrected chi connectivity index (χ4v) is 2.53. The van der Waals surface area contributed by atoms with Gasteiger partial charge in [0.2, 0.25) is 0 Å². The Morgan fingerprint density at radius 2 is 1.76 bits per heavy atom. The van der Waals surface area contributed by atoms with E-state index in [2.05, 4.69) is 23.4 Å². The van der Waals surface area contributed by atoms with Crippen molar-refractivity contribution < 1.29 is 0 Å². The number of hydrogen-bond donors (Lipinski definition) is 1. The summed E-state index contributed by atoms with van der Waals surface area (Å²) in [5, 5.41) is 3.63. The monoisotopic (exact) mass is 227 g/mol. The average molecular weight is 227 g/mol. The highest BCUT2D eigenvalue weighted by Gasteiger charge is 2.10. The van der Waals surface area contributed by atoms with E-state index in [4.69, 9.17) is 6.42 Å². The molecule has 1 fully saturated rings. The molecule has 1 aliphatic carbocycles. The number of benzene rings is 1. The molecule has 0 bridgehead atoms. The lowest BCUT2D eigenvalue weighted by atomic mass is 9.96. The Balaban J connectivity index is 1.96. The van der Waals surface area contributed by atoms with Crippen LogP contribution in [0.25, 0.3) is 0 Å². The van der Waals surface area contributed by atoms with Gasteiger partial charge in [0.15, 0.2) is 0 Å². The van der Waals surface area contributed by atoms with Crippen molar-refractivity contribution in [1.29, 1.82) is 0 Å². The normalized spacial score (nSPS) is 17.8. The van der Waals surface area contributed by atoms with Gasteiger partial charge >= 0.3 is 0 Å².